The van der Waals surface area contributed by atoms with Crippen LogP contribution in [0.25, 0.3) is 17.4 Å². The van der Waals surface area contributed by atoms with Crippen LogP contribution in [0, 0.1) is 0 Å². The van der Waals surface area contributed by atoms with Gasteiger partial charge in [0, 0.05) is 35.6 Å². The third-order valence-corrected chi connectivity index (χ3v) is 7.17. The van der Waals surface area contributed by atoms with E-state index in [-0.39, 0.29) is 4.91 Å². The SMILES string of the molecule is COc1ccc(Cl)cc1-c1ccc(/C=C2/SC(=O)N(CC(=O)Nc3ccc(N4CCOCC4)cc3)C2=O)o1. The Morgan fingerprint density at radius 3 is 2.61 bits per heavy atom. The fourth-order valence-electron chi connectivity index (χ4n) is 4.13. The Balaban J connectivity index is 1.22. The largest absolute Gasteiger partial charge is 0.496 e. The van der Waals surface area contributed by atoms with Gasteiger partial charge in [0.05, 0.1) is 30.8 Å². The van der Waals surface area contributed by atoms with Crippen molar-refractivity contribution in [3.63, 3.8) is 0 Å². The van der Waals surface area contributed by atoms with E-state index in [1.807, 2.05) is 12.1 Å². The number of thioether (sulfide) groups is 1. The third kappa shape index (κ3) is 5.72. The van der Waals surface area contributed by atoms with Gasteiger partial charge in [-0.2, -0.15) is 0 Å². The summed E-state index contributed by atoms with van der Waals surface area (Å²) >= 11 is 6.87. The van der Waals surface area contributed by atoms with Crippen LogP contribution in [0.15, 0.2) is 63.9 Å². The van der Waals surface area contributed by atoms with Crippen LogP contribution in [-0.4, -0.2) is 61.9 Å². The number of nitrogens with one attached hydrogen (secondary N) is 1. The number of furan rings is 1. The highest BCUT2D eigenvalue weighted by Gasteiger charge is 2.36. The van der Waals surface area contributed by atoms with E-state index in [0.29, 0.717) is 46.8 Å². The van der Waals surface area contributed by atoms with E-state index in [4.69, 9.17) is 25.5 Å². The average Bonchev–Trinajstić information content (AvgIpc) is 3.49. The summed E-state index contributed by atoms with van der Waals surface area (Å²) < 4.78 is 16.6. The number of benzene rings is 2. The maximum absolute atomic E-state index is 12.9. The Labute approximate surface area is 228 Å². The van der Waals surface area contributed by atoms with Crippen molar-refractivity contribution < 1.29 is 28.3 Å². The van der Waals surface area contributed by atoms with Gasteiger partial charge in [0.2, 0.25) is 5.91 Å². The topological polar surface area (TPSA) is 101 Å². The Morgan fingerprint density at radius 2 is 1.87 bits per heavy atom. The van der Waals surface area contributed by atoms with Gasteiger partial charge in [0.15, 0.2) is 0 Å². The van der Waals surface area contributed by atoms with E-state index in [9.17, 15) is 14.4 Å². The molecule has 11 heteroatoms. The monoisotopic (exact) mass is 553 g/mol. The Hall–Kier alpha value is -3.73. The molecule has 2 fully saturated rings. The number of hydrogen-bond acceptors (Lipinski definition) is 8. The molecule has 3 aromatic rings. The molecule has 0 spiro atoms. The molecule has 3 amide bonds. The number of hydrogen-bond donors (Lipinski definition) is 1. The molecular formula is C27H24ClN3O6S. The molecule has 2 aliphatic heterocycles. The normalized spacial score (nSPS) is 16.8. The van der Waals surface area contributed by atoms with E-state index in [0.717, 1.165) is 35.4 Å². The van der Waals surface area contributed by atoms with Gasteiger partial charge in [-0.1, -0.05) is 11.6 Å². The summed E-state index contributed by atoms with van der Waals surface area (Å²) in [5, 5.41) is 2.74. The van der Waals surface area contributed by atoms with Gasteiger partial charge in [-0.25, -0.2) is 0 Å². The molecule has 0 saturated carbocycles. The minimum Gasteiger partial charge on any atom is -0.496 e. The number of morpholine rings is 1. The molecule has 0 radical (unpaired) electrons. The number of rotatable bonds is 7. The lowest BCUT2D eigenvalue weighted by Gasteiger charge is -2.28. The summed E-state index contributed by atoms with van der Waals surface area (Å²) in [4.78, 5) is 41.3. The zero-order valence-electron chi connectivity index (χ0n) is 20.4. The fourth-order valence-corrected chi connectivity index (χ4v) is 5.13. The number of carbonyl (C=O) groups is 3. The highest BCUT2D eigenvalue weighted by molar-refractivity contribution is 8.18. The van der Waals surface area contributed by atoms with Gasteiger partial charge in [0.1, 0.15) is 23.8 Å². The number of halogens is 1. The number of methoxy groups -OCH3 is 1. The number of amides is 3. The molecule has 196 valence electrons. The van der Waals surface area contributed by atoms with Crippen LogP contribution >= 0.6 is 23.4 Å². The van der Waals surface area contributed by atoms with Gasteiger partial charge in [-0.3, -0.25) is 19.3 Å². The van der Waals surface area contributed by atoms with Crippen LogP contribution in [0.4, 0.5) is 16.2 Å². The van der Waals surface area contributed by atoms with E-state index in [1.165, 1.54) is 6.08 Å². The summed E-state index contributed by atoms with van der Waals surface area (Å²) in [7, 11) is 1.54. The summed E-state index contributed by atoms with van der Waals surface area (Å²) in [6.45, 7) is 2.60. The zero-order chi connectivity index (χ0) is 26.6. The standard InChI is InChI=1S/C27H24ClN3O6S/c1-35-22-8-2-17(28)14-21(22)23-9-7-20(37-23)15-24-26(33)31(27(34)38-24)16-25(32)29-18-3-5-19(6-4-18)30-10-12-36-13-11-30/h2-9,14-15H,10-13,16H2,1H3,(H,29,32)/b24-15+. The minimum atomic E-state index is -0.559. The first-order chi connectivity index (χ1) is 18.4. The lowest BCUT2D eigenvalue weighted by atomic mass is 10.1. The molecule has 0 unspecified atom stereocenters. The maximum Gasteiger partial charge on any atom is 0.294 e. The van der Waals surface area contributed by atoms with Gasteiger partial charge in [-0.05, 0) is 66.4 Å². The van der Waals surface area contributed by atoms with E-state index >= 15 is 0 Å². The fraction of sp³-hybridized carbons (Fsp3) is 0.222. The first kappa shape index (κ1) is 25.9. The Morgan fingerprint density at radius 1 is 1.11 bits per heavy atom. The number of nitrogens with zero attached hydrogens (tertiary/aromatic N) is 2. The zero-order valence-corrected chi connectivity index (χ0v) is 22.0. The molecule has 9 nitrogen and oxygen atoms in total. The van der Waals surface area contributed by atoms with Crippen LogP contribution in [-0.2, 0) is 14.3 Å². The van der Waals surface area contributed by atoms with Crippen molar-refractivity contribution in [2.45, 2.75) is 0 Å². The van der Waals surface area contributed by atoms with Crippen molar-refractivity contribution in [3.8, 4) is 17.1 Å². The van der Waals surface area contributed by atoms with Crippen molar-refractivity contribution in [1.82, 2.24) is 4.90 Å². The van der Waals surface area contributed by atoms with Crippen LogP contribution in [0.5, 0.6) is 5.75 Å². The predicted molar refractivity (Wildman–Crippen MR) is 146 cm³/mol. The van der Waals surface area contributed by atoms with Crippen LogP contribution in [0.3, 0.4) is 0 Å². The average molecular weight is 554 g/mol. The smallest absolute Gasteiger partial charge is 0.294 e. The first-order valence-electron chi connectivity index (χ1n) is 11.8. The van der Waals surface area contributed by atoms with Crippen LogP contribution < -0.4 is 15.0 Å². The molecule has 2 saturated heterocycles. The highest BCUT2D eigenvalue weighted by atomic mass is 35.5. The Kier molecular flexibility index (Phi) is 7.73. The molecule has 0 bridgehead atoms. The van der Waals surface area contributed by atoms with Crippen molar-refractivity contribution in [3.05, 3.63) is 70.3 Å². The molecule has 3 heterocycles. The molecular weight excluding hydrogens is 530 g/mol. The number of imide groups is 1. The number of carbonyl (C=O) groups excluding carboxylic acids is 3. The summed E-state index contributed by atoms with van der Waals surface area (Å²) in [5.41, 5.74) is 2.27. The predicted octanol–water partition coefficient (Wildman–Crippen LogP) is 5.12. The molecule has 0 aliphatic carbocycles. The van der Waals surface area contributed by atoms with Crippen LogP contribution in [0.2, 0.25) is 5.02 Å². The molecule has 38 heavy (non-hydrogen) atoms. The van der Waals surface area contributed by atoms with Gasteiger partial charge in [0.25, 0.3) is 11.1 Å². The third-order valence-electron chi connectivity index (χ3n) is 6.03. The van der Waals surface area contributed by atoms with Gasteiger partial charge in [-0.15, -0.1) is 0 Å². The minimum absolute atomic E-state index is 0.164. The molecule has 1 aromatic heterocycles. The lowest BCUT2D eigenvalue weighted by molar-refractivity contribution is -0.127. The molecule has 5 rings (SSSR count). The second-order valence-corrected chi connectivity index (χ2v) is 9.94. The summed E-state index contributed by atoms with van der Waals surface area (Å²) in [6, 6.07) is 16.0. The van der Waals surface area contributed by atoms with Crippen molar-refractivity contribution >= 4 is 57.9 Å². The second kappa shape index (κ2) is 11.3. The second-order valence-electron chi connectivity index (χ2n) is 8.51. The van der Waals surface area contributed by atoms with Gasteiger partial charge >= 0.3 is 0 Å². The molecule has 2 aliphatic rings. The molecule has 1 N–H and O–H groups in total. The van der Waals surface area contributed by atoms with E-state index in [2.05, 4.69) is 10.2 Å². The molecule has 2 aromatic carbocycles. The highest BCUT2D eigenvalue weighted by Crippen LogP contribution is 2.36. The lowest BCUT2D eigenvalue weighted by Crippen LogP contribution is -2.36. The Bertz CT molecular complexity index is 1400. The van der Waals surface area contributed by atoms with E-state index in [1.54, 1.807) is 49.6 Å². The van der Waals surface area contributed by atoms with Gasteiger partial charge < -0.3 is 24.1 Å². The molecule has 0 atom stereocenters. The number of ether oxygens (including phenoxy) is 2. The summed E-state index contributed by atoms with van der Waals surface area (Å²) in [5.74, 6) is 0.417. The maximum atomic E-state index is 12.9. The summed E-state index contributed by atoms with van der Waals surface area (Å²) in [6.07, 6.45) is 1.48. The number of anilines is 2. The quantitative estimate of drug-likeness (QED) is 0.402. The van der Waals surface area contributed by atoms with E-state index < -0.39 is 23.6 Å². The first-order valence-corrected chi connectivity index (χ1v) is 13.0. The van der Waals surface area contributed by atoms with Crippen molar-refractivity contribution in [1.29, 1.82) is 0 Å². The van der Waals surface area contributed by atoms with Crippen molar-refractivity contribution in [2.75, 3.05) is 50.2 Å². The van der Waals surface area contributed by atoms with Crippen LogP contribution in [0.1, 0.15) is 5.76 Å². The van der Waals surface area contributed by atoms with Crippen molar-refractivity contribution in [2.24, 2.45) is 0 Å².